The Labute approximate surface area is 135 Å². The van der Waals surface area contributed by atoms with Crippen LogP contribution < -0.4 is 14.8 Å². The van der Waals surface area contributed by atoms with Crippen LogP contribution in [-0.2, 0) is 14.8 Å². The molecule has 1 fully saturated rings. The number of hydrogen-bond donors (Lipinski definition) is 1. The highest BCUT2D eigenvalue weighted by atomic mass is 32.2. The second-order valence-corrected chi connectivity index (χ2v) is 8.07. The third-order valence-electron chi connectivity index (χ3n) is 3.99. The van der Waals surface area contributed by atoms with Crippen molar-refractivity contribution in [3.8, 4) is 11.5 Å². The average molecular weight is 340 g/mol. The van der Waals surface area contributed by atoms with Gasteiger partial charge in [0.15, 0.2) is 11.5 Å². The first kappa shape index (κ1) is 16.1. The van der Waals surface area contributed by atoms with Gasteiger partial charge in [0.05, 0.1) is 5.75 Å². The van der Waals surface area contributed by atoms with E-state index in [1.54, 1.807) is 18.2 Å². The van der Waals surface area contributed by atoms with Gasteiger partial charge in [0.2, 0.25) is 22.7 Å². The molecule has 1 aromatic rings. The topological polar surface area (TPSA) is 84.9 Å². The molecule has 7 nitrogen and oxygen atoms in total. The average Bonchev–Trinajstić information content (AvgIpc) is 3.05. The predicted molar refractivity (Wildman–Crippen MR) is 84.9 cm³/mol. The van der Waals surface area contributed by atoms with E-state index >= 15 is 0 Å². The van der Waals surface area contributed by atoms with Gasteiger partial charge >= 0.3 is 0 Å². The summed E-state index contributed by atoms with van der Waals surface area (Å²) in [5.41, 5.74) is 0.557. The minimum absolute atomic E-state index is 0.105. The van der Waals surface area contributed by atoms with Crippen molar-refractivity contribution >= 4 is 21.6 Å². The maximum absolute atomic E-state index is 12.6. The van der Waals surface area contributed by atoms with Gasteiger partial charge in [-0.2, -0.15) is 4.31 Å². The standard InChI is InChI=1S/C15H20N2O5S/c1-10(2)14(17-6-3-7-23(17,19)20)15(18)16-11-4-5-12-13(8-11)22-9-21-12/h4-5,8,10,14H,3,6-7,9H2,1-2H3,(H,16,18). The van der Waals surface area contributed by atoms with Crippen LogP contribution in [0.25, 0.3) is 0 Å². The fourth-order valence-electron chi connectivity index (χ4n) is 2.93. The molecule has 1 saturated heterocycles. The summed E-state index contributed by atoms with van der Waals surface area (Å²) in [7, 11) is -3.35. The first-order chi connectivity index (χ1) is 10.9. The molecule has 23 heavy (non-hydrogen) atoms. The lowest BCUT2D eigenvalue weighted by Gasteiger charge is -2.28. The van der Waals surface area contributed by atoms with E-state index in [0.717, 1.165) is 0 Å². The molecule has 2 aliphatic rings. The minimum atomic E-state index is -3.35. The van der Waals surface area contributed by atoms with Crippen molar-refractivity contribution in [3.05, 3.63) is 18.2 Å². The van der Waals surface area contributed by atoms with Crippen LogP contribution in [0.1, 0.15) is 20.3 Å². The van der Waals surface area contributed by atoms with Crippen LogP contribution in [-0.4, -0.2) is 43.8 Å². The zero-order valence-electron chi connectivity index (χ0n) is 13.1. The van der Waals surface area contributed by atoms with Gasteiger partial charge in [0.25, 0.3) is 0 Å². The van der Waals surface area contributed by atoms with E-state index in [0.29, 0.717) is 30.2 Å². The zero-order valence-corrected chi connectivity index (χ0v) is 13.9. The molecule has 126 valence electrons. The quantitative estimate of drug-likeness (QED) is 0.896. The lowest BCUT2D eigenvalue weighted by atomic mass is 10.0. The Hall–Kier alpha value is -1.80. The number of nitrogens with zero attached hydrogens (tertiary/aromatic N) is 1. The van der Waals surface area contributed by atoms with Crippen LogP contribution in [0.4, 0.5) is 5.69 Å². The van der Waals surface area contributed by atoms with E-state index in [1.807, 2.05) is 13.8 Å². The number of rotatable bonds is 4. The monoisotopic (exact) mass is 340 g/mol. The van der Waals surface area contributed by atoms with Crippen LogP contribution in [0.2, 0.25) is 0 Å². The number of carbonyl (C=O) groups is 1. The summed E-state index contributed by atoms with van der Waals surface area (Å²) >= 11 is 0. The van der Waals surface area contributed by atoms with Crippen molar-refractivity contribution in [2.45, 2.75) is 26.3 Å². The van der Waals surface area contributed by atoms with E-state index < -0.39 is 16.1 Å². The lowest BCUT2D eigenvalue weighted by molar-refractivity contribution is -0.120. The molecule has 8 heteroatoms. The Balaban J connectivity index is 1.79. The number of amides is 1. The molecular formula is C15H20N2O5S. The molecular weight excluding hydrogens is 320 g/mol. The third-order valence-corrected chi connectivity index (χ3v) is 5.92. The van der Waals surface area contributed by atoms with Crippen molar-refractivity contribution in [2.75, 3.05) is 24.4 Å². The highest BCUT2D eigenvalue weighted by Gasteiger charge is 2.40. The fraction of sp³-hybridized carbons (Fsp3) is 0.533. The van der Waals surface area contributed by atoms with E-state index in [2.05, 4.69) is 5.32 Å². The van der Waals surface area contributed by atoms with Gasteiger partial charge in [-0.3, -0.25) is 4.79 Å². The van der Waals surface area contributed by atoms with Gasteiger partial charge in [-0.25, -0.2) is 8.42 Å². The van der Waals surface area contributed by atoms with Gasteiger partial charge in [0, 0.05) is 18.3 Å². The van der Waals surface area contributed by atoms with Crippen molar-refractivity contribution in [1.29, 1.82) is 0 Å². The second-order valence-electron chi connectivity index (χ2n) is 6.03. The first-order valence-electron chi connectivity index (χ1n) is 7.58. The smallest absolute Gasteiger partial charge is 0.243 e. The molecule has 2 heterocycles. The Morgan fingerprint density at radius 1 is 1.26 bits per heavy atom. The highest BCUT2D eigenvalue weighted by molar-refractivity contribution is 7.89. The summed E-state index contributed by atoms with van der Waals surface area (Å²) in [6.45, 7) is 4.24. The highest BCUT2D eigenvalue weighted by Crippen LogP contribution is 2.34. The molecule has 1 unspecified atom stereocenters. The Morgan fingerprint density at radius 3 is 2.65 bits per heavy atom. The Kier molecular flexibility index (Phi) is 4.20. The van der Waals surface area contributed by atoms with E-state index in [4.69, 9.17) is 9.47 Å². The van der Waals surface area contributed by atoms with Gasteiger partial charge in [0.1, 0.15) is 6.04 Å². The van der Waals surface area contributed by atoms with Crippen LogP contribution >= 0.6 is 0 Å². The molecule has 0 saturated carbocycles. The number of anilines is 1. The summed E-state index contributed by atoms with van der Waals surface area (Å²) in [6.07, 6.45) is 0.558. The molecule has 0 spiro atoms. The van der Waals surface area contributed by atoms with E-state index in [-0.39, 0.29) is 24.4 Å². The van der Waals surface area contributed by atoms with Crippen molar-refractivity contribution in [3.63, 3.8) is 0 Å². The number of nitrogens with one attached hydrogen (secondary N) is 1. The number of ether oxygens (including phenoxy) is 2. The third kappa shape index (κ3) is 3.13. The normalized spacial score (nSPS) is 20.7. The zero-order chi connectivity index (χ0) is 16.6. The van der Waals surface area contributed by atoms with E-state index in [1.165, 1.54) is 4.31 Å². The molecule has 0 aliphatic carbocycles. The summed E-state index contributed by atoms with van der Waals surface area (Å²) in [4.78, 5) is 12.6. The van der Waals surface area contributed by atoms with Crippen molar-refractivity contribution < 1.29 is 22.7 Å². The molecule has 1 aromatic carbocycles. The molecule has 0 radical (unpaired) electrons. The maximum Gasteiger partial charge on any atom is 0.243 e. The van der Waals surface area contributed by atoms with Crippen LogP contribution in [0.5, 0.6) is 11.5 Å². The number of fused-ring (bicyclic) bond motifs is 1. The lowest BCUT2D eigenvalue weighted by Crippen LogP contribution is -2.48. The molecule has 1 atom stereocenters. The van der Waals surface area contributed by atoms with Gasteiger partial charge < -0.3 is 14.8 Å². The first-order valence-corrected chi connectivity index (χ1v) is 9.19. The van der Waals surface area contributed by atoms with Gasteiger partial charge in [-0.15, -0.1) is 0 Å². The predicted octanol–water partition coefficient (Wildman–Crippen LogP) is 1.41. The van der Waals surface area contributed by atoms with Crippen molar-refractivity contribution in [2.24, 2.45) is 5.92 Å². The van der Waals surface area contributed by atoms with Crippen LogP contribution in [0, 0.1) is 5.92 Å². The molecule has 1 amide bonds. The summed E-state index contributed by atoms with van der Waals surface area (Å²) in [6, 6.07) is 4.39. The van der Waals surface area contributed by atoms with Gasteiger partial charge in [-0.05, 0) is 24.5 Å². The summed E-state index contributed by atoms with van der Waals surface area (Å²) < 4.78 is 36.1. The Morgan fingerprint density at radius 2 is 2.00 bits per heavy atom. The van der Waals surface area contributed by atoms with E-state index in [9.17, 15) is 13.2 Å². The number of hydrogen-bond acceptors (Lipinski definition) is 5. The molecule has 0 aromatic heterocycles. The summed E-state index contributed by atoms with van der Waals surface area (Å²) in [5.74, 6) is 0.845. The Bertz CT molecular complexity index is 717. The molecule has 3 rings (SSSR count). The number of benzene rings is 1. The number of carbonyl (C=O) groups excluding carboxylic acids is 1. The number of sulfonamides is 1. The van der Waals surface area contributed by atoms with Gasteiger partial charge in [-0.1, -0.05) is 13.8 Å². The maximum atomic E-state index is 12.6. The van der Waals surface area contributed by atoms with Crippen LogP contribution in [0.15, 0.2) is 18.2 Å². The second kappa shape index (κ2) is 6.01. The molecule has 0 bridgehead atoms. The SMILES string of the molecule is CC(C)C(C(=O)Nc1ccc2c(c1)OCO2)N1CCCS1(=O)=O. The molecule has 2 aliphatic heterocycles. The molecule has 1 N–H and O–H groups in total. The fourth-order valence-corrected chi connectivity index (χ4v) is 4.75. The van der Waals surface area contributed by atoms with Crippen molar-refractivity contribution in [1.82, 2.24) is 4.31 Å². The summed E-state index contributed by atoms with van der Waals surface area (Å²) in [5, 5.41) is 2.79. The largest absolute Gasteiger partial charge is 0.454 e. The minimum Gasteiger partial charge on any atom is -0.454 e. The van der Waals surface area contributed by atoms with Crippen LogP contribution in [0.3, 0.4) is 0 Å².